The fourth-order valence-corrected chi connectivity index (χ4v) is 1.91. The first kappa shape index (κ1) is 12.7. The summed E-state index contributed by atoms with van der Waals surface area (Å²) in [6, 6.07) is 8.41. The van der Waals surface area contributed by atoms with Gasteiger partial charge < -0.3 is 15.4 Å². The Hall–Kier alpha value is -2.37. The summed E-state index contributed by atoms with van der Waals surface area (Å²) in [6.07, 6.45) is 4.05. The third kappa shape index (κ3) is 3.14. The van der Waals surface area contributed by atoms with E-state index in [1.807, 2.05) is 24.3 Å². The van der Waals surface area contributed by atoms with E-state index in [2.05, 4.69) is 25.8 Å². The summed E-state index contributed by atoms with van der Waals surface area (Å²) in [6.45, 7) is 0.596. The van der Waals surface area contributed by atoms with Gasteiger partial charge in [-0.2, -0.15) is 10.1 Å². The maximum absolute atomic E-state index is 5.31. The van der Waals surface area contributed by atoms with Crippen LogP contribution in [-0.4, -0.2) is 28.3 Å². The van der Waals surface area contributed by atoms with Crippen molar-refractivity contribution < 1.29 is 4.74 Å². The van der Waals surface area contributed by atoms with Crippen molar-refractivity contribution in [2.24, 2.45) is 0 Å². The Labute approximate surface area is 117 Å². The Kier molecular flexibility index (Phi) is 3.62. The zero-order chi connectivity index (χ0) is 13.8. The molecule has 1 saturated carbocycles. The molecule has 3 rings (SSSR count). The molecule has 0 aliphatic heterocycles. The van der Waals surface area contributed by atoms with E-state index < -0.39 is 0 Å². The number of hydrogen-bond acceptors (Lipinski definition) is 6. The van der Waals surface area contributed by atoms with E-state index in [4.69, 9.17) is 4.74 Å². The van der Waals surface area contributed by atoms with E-state index in [-0.39, 0.29) is 0 Å². The highest BCUT2D eigenvalue weighted by Crippen LogP contribution is 2.23. The summed E-state index contributed by atoms with van der Waals surface area (Å²) in [5, 5.41) is 14.4. The second kappa shape index (κ2) is 5.73. The van der Waals surface area contributed by atoms with Crippen LogP contribution in [0.25, 0.3) is 0 Å². The molecule has 104 valence electrons. The fourth-order valence-electron chi connectivity index (χ4n) is 1.91. The molecule has 20 heavy (non-hydrogen) atoms. The molecule has 6 nitrogen and oxygen atoms in total. The van der Waals surface area contributed by atoms with Crippen molar-refractivity contribution >= 4 is 11.8 Å². The molecule has 0 unspecified atom stereocenters. The Morgan fingerprint density at radius 1 is 1.30 bits per heavy atom. The van der Waals surface area contributed by atoms with Crippen molar-refractivity contribution in [3.05, 3.63) is 36.0 Å². The van der Waals surface area contributed by atoms with E-state index in [0.29, 0.717) is 18.5 Å². The minimum atomic E-state index is 0.515. The maximum atomic E-state index is 5.31. The number of hydrogen-bond donors (Lipinski definition) is 2. The molecule has 1 aliphatic rings. The molecule has 1 aromatic heterocycles. The van der Waals surface area contributed by atoms with Gasteiger partial charge in [0.25, 0.3) is 0 Å². The van der Waals surface area contributed by atoms with Gasteiger partial charge in [-0.15, -0.1) is 5.10 Å². The molecule has 1 aromatic carbocycles. The van der Waals surface area contributed by atoms with E-state index in [1.165, 1.54) is 12.8 Å². The predicted molar refractivity (Wildman–Crippen MR) is 76.8 cm³/mol. The average molecular weight is 271 g/mol. The van der Waals surface area contributed by atoms with Crippen LogP contribution >= 0.6 is 0 Å². The van der Waals surface area contributed by atoms with Crippen molar-refractivity contribution in [1.29, 1.82) is 0 Å². The Bertz CT molecular complexity index is 585. The van der Waals surface area contributed by atoms with Gasteiger partial charge in [0.2, 0.25) is 5.95 Å². The van der Waals surface area contributed by atoms with Crippen LogP contribution in [0.1, 0.15) is 18.4 Å². The number of methoxy groups -OCH3 is 1. The van der Waals surface area contributed by atoms with Crippen LogP contribution < -0.4 is 15.4 Å². The number of aromatic nitrogens is 3. The topological polar surface area (TPSA) is 72.0 Å². The molecule has 1 heterocycles. The third-order valence-corrected chi connectivity index (χ3v) is 3.12. The average Bonchev–Trinajstić information content (AvgIpc) is 3.30. The van der Waals surface area contributed by atoms with Crippen LogP contribution in [0.4, 0.5) is 11.8 Å². The summed E-state index contributed by atoms with van der Waals surface area (Å²) in [7, 11) is 1.66. The second-order valence-corrected chi connectivity index (χ2v) is 4.75. The Morgan fingerprint density at radius 3 is 2.95 bits per heavy atom. The Balaban J connectivity index is 1.65. The highest BCUT2D eigenvalue weighted by Gasteiger charge is 2.21. The van der Waals surface area contributed by atoms with Gasteiger partial charge in [0.15, 0.2) is 5.82 Å². The number of nitrogens with one attached hydrogen (secondary N) is 2. The van der Waals surface area contributed by atoms with Crippen molar-refractivity contribution in [1.82, 2.24) is 15.2 Å². The van der Waals surface area contributed by atoms with Gasteiger partial charge in [-0.1, -0.05) is 18.2 Å². The van der Waals surface area contributed by atoms with Gasteiger partial charge in [-0.05, 0) is 18.9 Å². The summed E-state index contributed by atoms with van der Waals surface area (Å²) < 4.78 is 5.31. The van der Waals surface area contributed by atoms with Crippen molar-refractivity contribution in [2.45, 2.75) is 25.4 Å². The molecule has 0 amide bonds. The van der Waals surface area contributed by atoms with Crippen LogP contribution in [-0.2, 0) is 6.54 Å². The number of anilines is 2. The number of rotatable bonds is 6. The molecule has 1 aliphatic carbocycles. The number of nitrogens with zero attached hydrogens (tertiary/aromatic N) is 3. The van der Waals surface area contributed by atoms with Gasteiger partial charge in [0, 0.05) is 18.2 Å². The lowest BCUT2D eigenvalue weighted by Gasteiger charge is -2.09. The van der Waals surface area contributed by atoms with E-state index in [0.717, 1.165) is 17.1 Å². The molecule has 2 aromatic rings. The standard InChI is InChI=1S/C14H17N5O/c1-20-12-5-3-2-4-10(12)8-15-14-18-13(9-16-19-14)17-11-6-7-11/h2-5,9,11H,6-8H2,1H3,(H2,15,17,18,19). The molecule has 0 radical (unpaired) electrons. The number of ether oxygens (including phenoxy) is 1. The third-order valence-electron chi connectivity index (χ3n) is 3.12. The molecule has 1 fully saturated rings. The van der Waals surface area contributed by atoms with E-state index in [9.17, 15) is 0 Å². The first-order valence-corrected chi connectivity index (χ1v) is 6.67. The lowest BCUT2D eigenvalue weighted by atomic mass is 10.2. The largest absolute Gasteiger partial charge is 0.496 e. The molecule has 2 N–H and O–H groups in total. The summed E-state index contributed by atoms with van der Waals surface area (Å²) in [4.78, 5) is 4.39. The van der Waals surface area contributed by atoms with Gasteiger partial charge in [-0.3, -0.25) is 0 Å². The number of benzene rings is 1. The van der Waals surface area contributed by atoms with Gasteiger partial charge in [-0.25, -0.2) is 0 Å². The predicted octanol–water partition coefficient (Wildman–Crippen LogP) is 2.07. The molecule has 6 heteroatoms. The maximum Gasteiger partial charge on any atom is 0.244 e. The fraction of sp³-hybridized carbons (Fsp3) is 0.357. The normalized spacial score (nSPS) is 13.8. The van der Waals surface area contributed by atoms with Crippen LogP contribution in [0.5, 0.6) is 5.75 Å². The first-order chi connectivity index (χ1) is 9.85. The van der Waals surface area contributed by atoms with E-state index in [1.54, 1.807) is 13.3 Å². The van der Waals surface area contributed by atoms with Crippen LogP contribution in [0.15, 0.2) is 30.5 Å². The highest BCUT2D eigenvalue weighted by molar-refractivity contribution is 5.41. The molecule has 0 bridgehead atoms. The van der Waals surface area contributed by atoms with Gasteiger partial charge in [0.05, 0.1) is 13.3 Å². The first-order valence-electron chi connectivity index (χ1n) is 6.67. The smallest absolute Gasteiger partial charge is 0.244 e. The van der Waals surface area contributed by atoms with Gasteiger partial charge >= 0.3 is 0 Å². The highest BCUT2D eigenvalue weighted by atomic mass is 16.5. The van der Waals surface area contributed by atoms with E-state index >= 15 is 0 Å². The number of para-hydroxylation sites is 1. The van der Waals surface area contributed by atoms with Crippen LogP contribution in [0, 0.1) is 0 Å². The summed E-state index contributed by atoms with van der Waals surface area (Å²) in [5.74, 6) is 2.13. The van der Waals surface area contributed by atoms with Crippen LogP contribution in [0.2, 0.25) is 0 Å². The summed E-state index contributed by atoms with van der Waals surface area (Å²) >= 11 is 0. The Morgan fingerprint density at radius 2 is 2.15 bits per heavy atom. The zero-order valence-corrected chi connectivity index (χ0v) is 11.3. The lowest BCUT2D eigenvalue weighted by Crippen LogP contribution is -2.09. The van der Waals surface area contributed by atoms with Gasteiger partial charge in [0.1, 0.15) is 5.75 Å². The summed E-state index contributed by atoms with van der Waals surface area (Å²) in [5.41, 5.74) is 1.05. The van der Waals surface area contributed by atoms with Crippen LogP contribution in [0.3, 0.4) is 0 Å². The minimum absolute atomic E-state index is 0.515. The minimum Gasteiger partial charge on any atom is -0.496 e. The molecule has 0 spiro atoms. The second-order valence-electron chi connectivity index (χ2n) is 4.75. The molecule has 0 saturated heterocycles. The monoisotopic (exact) mass is 271 g/mol. The lowest BCUT2D eigenvalue weighted by molar-refractivity contribution is 0.410. The molecular weight excluding hydrogens is 254 g/mol. The van der Waals surface area contributed by atoms with Crippen molar-refractivity contribution in [3.63, 3.8) is 0 Å². The SMILES string of the molecule is COc1ccccc1CNc1nncc(NC2CC2)n1. The molecular formula is C14H17N5O. The molecule has 0 atom stereocenters. The van der Waals surface area contributed by atoms with Crippen molar-refractivity contribution in [3.8, 4) is 5.75 Å². The zero-order valence-electron chi connectivity index (χ0n) is 11.3. The quantitative estimate of drug-likeness (QED) is 0.838. The van der Waals surface area contributed by atoms with Crippen molar-refractivity contribution in [2.75, 3.05) is 17.7 Å².